The number of amides is 4. The number of nitrogens with zero attached hydrogens (tertiary/aromatic N) is 3. The van der Waals surface area contributed by atoms with Crippen LogP contribution < -0.4 is 25.4 Å². The molecule has 0 radical (unpaired) electrons. The zero-order chi connectivity index (χ0) is 42.1. The first-order valence-corrected chi connectivity index (χ1v) is 20.3. The highest BCUT2D eigenvalue weighted by Crippen LogP contribution is 2.45. The third-order valence-corrected chi connectivity index (χ3v) is 11.5. The number of carbonyl (C=O) groups is 5. The maximum absolute atomic E-state index is 14.4. The summed E-state index contributed by atoms with van der Waals surface area (Å²) >= 11 is 1.26. The van der Waals surface area contributed by atoms with Crippen LogP contribution in [0.4, 0.5) is 9.93 Å². The van der Waals surface area contributed by atoms with E-state index in [-0.39, 0.29) is 36.8 Å². The number of carboxylic acid groups (broad SMARTS) is 1. The number of aliphatic carboxylic acids is 1. The van der Waals surface area contributed by atoms with Crippen LogP contribution >= 0.6 is 11.3 Å². The van der Waals surface area contributed by atoms with Crippen molar-refractivity contribution in [3.63, 3.8) is 0 Å². The predicted molar refractivity (Wildman–Crippen MR) is 219 cm³/mol. The Morgan fingerprint density at radius 1 is 1.09 bits per heavy atom. The minimum atomic E-state index is -1.55. The summed E-state index contributed by atoms with van der Waals surface area (Å²) in [6.45, 7) is 17.0. The van der Waals surface area contributed by atoms with E-state index in [1.165, 1.54) is 22.3 Å². The van der Waals surface area contributed by atoms with E-state index in [2.05, 4.69) is 34.1 Å². The summed E-state index contributed by atoms with van der Waals surface area (Å²) < 4.78 is 17.9. The van der Waals surface area contributed by atoms with Crippen LogP contribution in [0.15, 0.2) is 48.4 Å². The molecule has 3 heterocycles. The molecule has 3 fully saturated rings. The van der Waals surface area contributed by atoms with E-state index in [1.807, 2.05) is 33.8 Å². The number of benzene rings is 1. The molecule has 310 valence electrons. The van der Waals surface area contributed by atoms with Gasteiger partial charge in [-0.3, -0.25) is 14.4 Å². The number of anilines is 1. The van der Waals surface area contributed by atoms with Crippen molar-refractivity contribution in [3.05, 3.63) is 53.9 Å². The number of hydrogen-bond acceptors (Lipinski definition) is 11. The van der Waals surface area contributed by atoms with Crippen molar-refractivity contribution < 1.29 is 43.3 Å². The van der Waals surface area contributed by atoms with Crippen molar-refractivity contribution in [3.8, 4) is 22.9 Å². The Morgan fingerprint density at radius 3 is 2.43 bits per heavy atom. The molecule has 1 saturated heterocycles. The van der Waals surface area contributed by atoms with Crippen LogP contribution in [0.5, 0.6) is 11.5 Å². The number of alkyl carbamates (subject to hydrolysis) is 1. The summed E-state index contributed by atoms with van der Waals surface area (Å²) in [5.74, 6) is -2.15. The van der Waals surface area contributed by atoms with Crippen LogP contribution in [0.3, 0.4) is 0 Å². The molecule has 15 nitrogen and oxygen atoms in total. The molecule has 0 bridgehead atoms. The number of aromatic nitrogens is 2. The fraction of sp³-hybridized carbons (Fsp3) is 0.500. The van der Waals surface area contributed by atoms with Crippen molar-refractivity contribution in [2.24, 2.45) is 11.3 Å². The lowest BCUT2D eigenvalue weighted by atomic mass is 9.92. The second-order valence-electron chi connectivity index (χ2n) is 16.7. The highest BCUT2D eigenvalue weighted by atomic mass is 32.1. The molecule has 3 aromatic rings. The maximum Gasteiger partial charge on any atom is 0.408 e. The van der Waals surface area contributed by atoms with Crippen LogP contribution in [0.25, 0.3) is 22.3 Å². The highest BCUT2D eigenvalue weighted by molar-refractivity contribution is 7.14. The molecule has 2 saturated carbocycles. The number of thiazole rings is 1. The van der Waals surface area contributed by atoms with Gasteiger partial charge < -0.3 is 40.2 Å². The van der Waals surface area contributed by atoms with E-state index < -0.39 is 53.5 Å². The number of hydrogen-bond donors (Lipinski definition) is 4. The molecular weight excluding hydrogens is 765 g/mol. The molecule has 4 amide bonds. The van der Waals surface area contributed by atoms with Crippen molar-refractivity contribution >= 4 is 57.2 Å². The summed E-state index contributed by atoms with van der Waals surface area (Å²) in [5, 5.41) is 21.1. The van der Waals surface area contributed by atoms with Gasteiger partial charge in [-0.1, -0.05) is 33.4 Å². The van der Waals surface area contributed by atoms with Gasteiger partial charge in [0.2, 0.25) is 17.7 Å². The minimum absolute atomic E-state index is 0.00357. The van der Waals surface area contributed by atoms with Gasteiger partial charge in [0.05, 0.1) is 24.9 Å². The summed E-state index contributed by atoms with van der Waals surface area (Å²) in [5.41, 5.74) is 0.840. The molecule has 6 rings (SSSR count). The van der Waals surface area contributed by atoms with Gasteiger partial charge in [0.1, 0.15) is 47.0 Å². The van der Waals surface area contributed by atoms with E-state index in [4.69, 9.17) is 19.2 Å². The minimum Gasteiger partial charge on any atom is -0.496 e. The van der Waals surface area contributed by atoms with Crippen LogP contribution in [0.1, 0.15) is 78.2 Å². The second-order valence-corrected chi connectivity index (χ2v) is 17.6. The zero-order valence-electron chi connectivity index (χ0n) is 33.8. The maximum atomic E-state index is 14.4. The topological polar surface area (TPSA) is 198 Å². The number of pyridine rings is 1. The number of methoxy groups -OCH3 is 1. The molecule has 16 heteroatoms. The number of ether oxygens (including phenoxy) is 3. The molecule has 3 aliphatic rings. The normalized spacial score (nSPS) is 22.2. The Hall–Kier alpha value is -5.51. The van der Waals surface area contributed by atoms with Gasteiger partial charge in [-0.05, 0) is 68.6 Å². The first-order valence-electron chi connectivity index (χ1n) is 19.4. The summed E-state index contributed by atoms with van der Waals surface area (Å²) in [6.07, 6.45) is 3.53. The van der Waals surface area contributed by atoms with Crippen molar-refractivity contribution in [2.45, 2.75) is 109 Å². The van der Waals surface area contributed by atoms with Gasteiger partial charge in [0.25, 0.3) is 0 Å². The average molecular weight is 817 g/mol. The smallest absolute Gasteiger partial charge is 0.408 e. The van der Waals surface area contributed by atoms with Crippen LogP contribution in [0, 0.1) is 18.3 Å². The summed E-state index contributed by atoms with van der Waals surface area (Å²) in [4.78, 5) is 77.3. The third-order valence-electron chi connectivity index (χ3n) is 10.7. The molecule has 2 aliphatic carbocycles. The fourth-order valence-corrected chi connectivity index (χ4v) is 8.34. The molecule has 2 aromatic heterocycles. The van der Waals surface area contributed by atoms with Gasteiger partial charge in [0, 0.05) is 41.7 Å². The fourth-order valence-electron chi connectivity index (χ4n) is 7.62. The Kier molecular flexibility index (Phi) is 12.2. The van der Waals surface area contributed by atoms with Gasteiger partial charge in [-0.2, -0.15) is 0 Å². The summed E-state index contributed by atoms with van der Waals surface area (Å²) in [6, 6.07) is 2.98. The van der Waals surface area contributed by atoms with Crippen molar-refractivity contribution in [2.75, 3.05) is 19.0 Å². The molecule has 1 unspecified atom stereocenters. The van der Waals surface area contributed by atoms with Gasteiger partial charge in [-0.25, -0.2) is 19.6 Å². The van der Waals surface area contributed by atoms with E-state index in [1.54, 1.807) is 31.5 Å². The average Bonchev–Trinajstić information content (AvgIpc) is 3.56. The van der Waals surface area contributed by atoms with Gasteiger partial charge in [-0.15, -0.1) is 17.9 Å². The van der Waals surface area contributed by atoms with Crippen LogP contribution in [0.2, 0.25) is 0 Å². The lowest BCUT2D eigenvalue weighted by Gasteiger charge is -2.29. The predicted octanol–water partition coefficient (Wildman–Crippen LogP) is 6.16. The Balaban J connectivity index is 1.32. The van der Waals surface area contributed by atoms with E-state index in [0.717, 1.165) is 31.2 Å². The number of nitrogens with one attached hydrogen (secondary N) is 3. The number of fused-ring (bicyclic) bond motifs is 1. The van der Waals surface area contributed by atoms with Crippen molar-refractivity contribution in [1.82, 2.24) is 25.5 Å². The van der Waals surface area contributed by atoms with E-state index in [0.29, 0.717) is 50.9 Å². The third kappa shape index (κ3) is 9.27. The van der Waals surface area contributed by atoms with E-state index >= 15 is 0 Å². The molecular formula is C42H52N6O9S. The number of aryl methyl sites for hydroxylation is 1. The Bertz CT molecular complexity index is 2140. The van der Waals surface area contributed by atoms with Crippen LogP contribution in [-0.4, -0.2) is 93.2 Å². The number of rotatable bonds is 14. The molecule has 58 heavy (non-hydrogen) atoms. The molecule has 1 aromatic carbocycles. The largest absolute Gasteiger partial charge is 0.496 e. The molecule has 1 aliphatic heterocycles. The standard InChI is InChI=1S/C42H52N6O9S/c1-9-24-18-42(24,38(52)53)47-36(50)31-15-26(20-48(31)37(51)35(22(2)3)46-40(54)57-25-12-10-11-13-25)56-33-17-29(43-28-16-32(55-8)23(4)14-27(28)33)30-21-58-39(44-30)45-34(49)19-41(5,6)7/h9,14,16-17,21,24-26,31,35H,1-2,10-13,15,18-20H2,3-8H3,(H,46,54)(H,47,50)(H,52,53)(H,44,45,49)/t24-,26?,31+,35+,42-/m1/s1. The Morgan fingerprint density at radius 2 is 1.81 bits per heavy atom. The van der Waals surface area contributed by atoms with Gasteiger partial charge in [0.15, 0.2) is 5.13 Å². The second kappa shape index (κ2) is 16.8. The quantitative estimate of drug-likeness (QED) is 0.136. The SMILES string of the molecule is C=C[C@@H]1C[C@]1(NC(=O)[C@@H]1CC(Oc2cc(-c3csc(NC(=O)CC(C)(C)C)n3)nc3cc(OC)c(C)cc23)CN1C(=O)[C@@H](NC(=O)OC1CCCC1)C(=C)C)C(=O)O. The van der Waals surface area contributed by atoms with Crippen molar-refractivity contribution in [1.29, 1.82) is 0 Å². The Labute approximate surface area is 341 Å². The molecule has 5 atom stereocenters. The highest BCUT2D eigenvalue weighted by Gasteiger charge is 2.61. The summed E-state index contributed by atoms with van der Waals surface area (Å²) in [7, 11) is 1.56. The monoisotopic (exact) mass is 816 g/mol. The number of likely N-dealkylation sites (tertiary alicyclic amines) is 1. The van der Waals surface area contributed by atoms with E-state index in [9.17, 15) is 29.1 Å². The molecule has 0 spiro atoms. The number of carboxylic acids is 1. The first-order chi connectivity index (χ1) is 27.4. The zero-order valence-corrected chi connectivity index (χ0v) is 34.6. The van der Waals surface area contributed by atoms with Gasteiger partial charge >= 0.3 is 12.1 Å². The lowest BCUT2D eigenvalue weighted by Crippen LogP contribution is -2.56. The number of carbonyl (C=O) groups excluding carboxylic acids is 4. The van der Waals surface area contributed by atoms with Crippen LogP contribution in [-0.2, 0) is 23.9 Å². The first kappa shape index (κ1) is 42.1. The molecule has 4 N–H and O–H groups in total. The lowest BCUT2D eigenvalue weighted by molar-refractivity contribution is -0.145.